The number of hydrogen-bond donors (Lipinski definition) is 0. The predicted octanol–water partition coefficient (Wildman–Crippen LogP) is 3.23. The number of carbonyl (C=O) groups is 1. The van der Waals surface area contributed by atoms with Gasteiger partial charge in [-0.1, -0.05) is 12.8 Å². The number of nitrogens with zero attached hydrogens (tertiary/aromatic N) is 1. The molecule has 5 aliphatic carbocycles. The molecule has 5 rings (SSSR count). The Morgan fingerprint density at radius 3 is 2.14 bits per heavy atom. The molecule has 118 valence electrons. The van der Waals surface area contributed by atoms with E-state index < -0.39 is 0 Å². The van der Waals surface area contributed by atoms with Crippen molar-refractivity contribution < 1.29 is 9.53 Å². The summed E-state index contributed by atoms with van der Waals surface area (Å²) in [6.45, 7) is 0.309. The van der Waals surface area contributed by atoms with Crippen molar-refractivity contribution in [2.75, 3.05) is 13.7 Å². The molecule has 0 aromatic carbocycles. The number of likely N-dealkylation sites (N-methyl/N-ethyl adjacent to an activating group) is 1. The molecule has 3 nitrogen and oxygen atoms in total. The van der Waals surface area contributed by atoms with E-state index in [4.69, 9.17) is 4.74 Å². The molecule has 5 fully saturated rings. The lowest BCUT2D eigenvalue weighted by molar-refractivity contribution is -0.147. The number of carbonyl (C=O) groups excluding carboxylic acids is 1. The summed E-state index contributed by atoms with van der Waals surface area (Å²) < 4.78 is 5.84. The highest BCUT2D eigenvalue weighted by Gasteiger charge is 2.50. The van der Waals surface area contributed by atoms with Crippen LogP contribution in [-0.4, -0.2) is 36.6 Å². The maximum atomic E-state index is 12.5. The van der Waals surface area contributed by atoms with Gasteiger partial charge in [-0.25, -0.2) is 0 Å². The Morgan fingerprint density at radius 2 is 1.57 bits per heavy atom. The van der Waals surface area contributed by atoms with Crippen molar-refractivity contribution in [1.29, 1.82) is 0 Å². The van der Waals surface area contributed by atoms with E-state index in [-0.39, 0.29) is 5.91 Å². The minimum atomic E-state index is 0.222. The maximum absolute atomic E-state index is 12.5. The molecule has 0 N–H and O–H groups in total. The first kappa shape index (κ1) is 14.0. The van der Waals surface area contributed by atoms with Gasteiger partial charge in [0.15, 0.2) is 0 Å². The van der Waals surface area contributed by atoms with Crippen LogP contribution in [0.1, 0.15) is 57.8 Å². The minimum Gasteiger partial charge on any atom is -0.368 e. The van der Waals surface area contributed by atoms with Gasteiger partial charge in [-0.3, -0.25) is 4.79 Å². The van der Waals surface area contributed by atoms with Gasteiger partial charge in [0, 0.05) is 13.1 Å². The minimum absolute atomic E-state index is 0.222. The van der Waals surface area contributed by atoms with Crippen LogP contribution in [0.5, 0.6) is 0 Å². The SMILES string of the molecule is CN(C(=O)COC1CCCC1)C1C2CC3CC(C2)CC1C3. The molecule has 5 saturated carbocycles. The molecule has 0 aromatic rings. The molecule has 1 amide bonds. The fourth-order valence-electron chi connectivity index (χ4n) is 6.04. The van der Waals surface area contributed by atoms with Crippen molar-refractivity contribution in [3.63, 3.8) is 0 Å². The van der Waals surface area contributed by atoms with Crippen LogP contribution >= 0.6 is 0 Å². The van der Waals surface area contributed by atoms with E-state index in [1.54, 1.807) is 0 Å². The summed E-state index contributed by atoms with van der Waals surface area (Å²) in [6, 6.07) is 0.512. The van der Waals surface area contributed by atoms with Gasteiger partial charge in [0.2, 0.25) is 5.91 Å². The molecule has 0 unspecified atom stereocenters. The first-order valence-electron chi connectivity index (χ1n) is 9.08. The van der Waals surface area contributed by atoms with E-state index in [0.717, 1.165) is 36.5 Å². The quantitative estimate of drug-likeness (QED) is 0.796. The van der Waals surface area contributed by atoms with Gasteiger partial charge in [-0.2, -0.15) is 0 Å². The second-order valence-electron chi connectivity index (χ2n) is 8.14. The van der Waals surface area contributed by atoms with Crippen LogP contribution in [0.3, 0.4) is 0 Å². The molecule has 0 saturated heterocycles. The van der Waals surface area contributed by atoms with Gasteiger partial charge >= 0.3 is 0 Å². The molecule has 0 atom stereocenters. The molecule has 0 aromatic heterocycles. The molecule has 0 radical (unpaired) electrons. The fraction of sp³-hybridized carbons (Fsp3) is 0.944. The first-order chi connectivity index (χ1) is 10.2. The van der Waals surface area contributed by atoms with Gasteiger partial charge in [-0.15, -0.1) is 0 Å². The molecular formula is C18H29NO2. The van der Waals surface area contributed by atoms with Crippen molar-refractivity contribution >= 4 is 5.91 Å². The lowest BCUT2D eigenvalue weighted by Gasteiger charge is -2.56. The highest BCUT2D eigenvalue weighted by Crippen LogP contribution is 2.54. The molecule has 4 bridgehead atoms. The average molecular weight is 291 g/mol. The van der Waals surface area contributed by atoms with Crippen LogP contribution in [0, 0.1) is 23.7 Å². The summed E-state index contributed by atoms with van der Waals surface area (Å²) in [7, 11) is 2.03. The molecular weight excluding hydrogens is 262 g/mol. The monoisotopic (exact) mass is 291 g/mol. The Balaban J connectivity index is 1.35. The third-order valence-electron chi connectivity index (χ3n) is 6.76. The van der Waals surface area contributed by atoms with Crippen molar-refractivity contribution in [3.8, 4) is 0 Å². The van der Waals surface area contributed by atoms with E-state index >= 15 is 0 Å². The molecule has 0 aliphatic heterocycles. The Hall–Kier alpha value is -0.570. The van der Waals surface area contributed by atoms with Crippen LogP contribution < -0.4 is 0 Å². The maximum Gasteiger partial charge on any atom is 0.248 e. The summed E-state index contributed by atoms with van der Waals surface area (Å²) in [6.07, 6.45) is 12.1. The van der Waals surface area contributed by atoms with E-state index in [9.17, 15) is 4.79 Å². The van der Waals surface area contributed by atoms with Crippen LogP contribution in [0.25, 0.3) is 0 Å². The summed E-state index contributed by atoms with van der Waals surface area (Å²) in [5.74, 6) is 3.73. The third kappa shape index (κ3) is 2.62. The van der Waals surface area contributed by atoms with Crippen molar-refractivity contribution in [1.82, 2.24) is 4.90 Å². The molecule has 0 heterocycles. The second-order valence-corrected chi connectivity index (χ2v) is 8.14. The van der Waals surface area contributed by atoms with Crippen LogP contribution in [0.15, 0.2) is 0 Å². The Labute approximate surface area is 128 Å². The Morgan fingerprint density at radius 1 is 1.00 bits per heavy atom. The normalized spacial score (nSPS) is 41.7. The third-order valence-corrected chi connectivity index (χ3v) is 6.76. The Bertz CT molecular complexity index is 374. The van der Waals surface area contributed by atoms with E-state index in [1.165, 1.54) is 44.9 Å². The van der Waals surface area contributed by atoms with E-state index in [2.05, 4.69) is 4.90 Å². The zero-order valence-corrected chi connectivity index (χ0v) is 13.3. The van der Waals surface area contributed by atoms with Crippen LogP contribution in [-0.2, 0) is 9.53 Å². The Kier molecular flexibility index (Phi) is 3.72. The number of amides is 1. The lowest BCUT2D eigenvalue weighted by atomic mass is 9.54. The summed E-state index contributed by atoms with van der Waals surface area (Å²) in [5, 5.41) is 0. The molecule has 0 spiro atoms. The molecule has 5 aliphatic rings. The summed E-state index contributed by atoms with van der Waals surface area (Å²) >= 11 is 0. The zero-order valence-electron chi connectivity index (χ0n) is 13.3. The van der Waals surface area contributed by atoms with Gasteiger partial charge in [-0.05, 0) is 68.6 Å². The van der Waals surface area contributed by atoms with E-state index in [1.807, 2.05) is 7.05 Å². The summed E-state index contributed by atoms with van der Waals surface area (Å²) in [5.41, 5.74) is 0. The topological polar surface area (TPSA) is 29.5 Å². The predicted molar refractivity (Wildman–Crippen MR) is 81.8 cm³/mol. The van der Waals surface area contributed by atoms with Gasteiger partial charge < -0.3 is 9.64 Å². The number of ether oxygens (including phenoxy) is 1. The van der Waals surface area contributed by atoms with Crippen molar-refractivity contribution in [2.45, 2.75) is 69.9 Å². The van der Waals surface area contributed by atoms with Gasteiger partial charge in [0.1, 0.15) is 6.61 Å². The van der Waals surface area contributed by atoms with Crippen LogP contribution in [0.4, 0.5) is 0 Å². The van der Waals surface area contributed by atoms with E-state index in [0.29, 0.717) is 18.8 Å². The van der Waals surface area contributed by atoms with Crippen molar-refractivity contribution in [3.05, 3.63) is 0 Å². The highest BCUT2D eigenvalue weighted by atomic mass is 16.5. The van der Waals surface area contributed by atoms with Gasteiger partial charge in [0.25, 0.3) is 0 Å². The summed E-state index contributed by atoms with van der Waals surface area (Å²) in [4.78, 5) is 14.6. The second kappa shape index (κ2) is 5.57. The molecule has 3 heteroatoms. The fourth-order valence-corrected chi connectivity index (χ4v) is 6.04. The molecule has 21 heavy (non-hydrogen) atoms. The largest absolute Gasteiger partial charge is 0.368 e. The first-order valence-corrected chi connectivity index (χ1v) is 9.08. The highest BCUT2D eigenvalue weighted by molar-refractivity contribution is 5.77. The zero-order chi connectivity index (χ0) is 14.4. The van der Waals surface area contributed by atoms with Crippen LogP contribution in [0.2, 0.25) is 0 Å². The lowest BCUT2D eigenvalue weighted by Crippen LogP contribution is -2.56. The van der Waals surface area contributed by atoms with Crippen molar-refractivity contribution in [2.24, 2.45) is 23.7 Å². The smallest absolute Gasteiger partial charge is 0.248 e. The average Bonchev–Trinajstić information content (AvgIpc) is 2.96. The van der Waals surface area contributed by atoms with Gasteiger partial charge in [0.05, 0.1) is 6.10 Å². The number of hydrogen-bond acceptors (Lipinski definition) is 2. The number of rotatable bonds is 4. The standard InChI is InChI=1S/C18H29NO2/c1-19(17(20)11-21-16-4-2-3-5-16)18-14-7-12-6-13(9-14)10-15(18)8-12/h12-16,18H,2-11H2,1H3.